The van der Waals surface area contributed by atoms with Crippen molar-refractivity contribution in [2.45, 2.75) is 20.4 Å². The summed E-state index contributed by atoms with van der Waals surface area (Å²) in [5.74, 6) is -2.08. The molecule has 140 valence electrons. The van der Waals surface area contributed by atoms with Gasteiger partial charge in [0.25, 0.3) is 11.8 Å². The van der Waals surface area contributed by atoms with E-state index in [4.69, 9.17) is 8.94 Å². The van der Waals surface area contributed by atoms with E-state index >= 15 is 0 Å². The van der Waals surface area contributed by atoms with Crippen LogP contribution in [0, 0.1) is 25.5 Å². The molecule has 1 aromatic carbocycles. The van der Waals surface area contributed by atoms with Crippen molar-refractivity contribution >= 4 is 17.5 Å². The number of aryl methyl sites for hydroxylation is 2. The smallest absolute Gasteiger partial charge is 0.277 e. The number of hydrogen-bond donors (Lipinski definition) is 2. The number of furan rings is 1. The van der Waals surface area contributed by atoms with Crippen LogP contribution in [0.4, 0.5) is 14.5 Å². The van der Waals surface area contributed by atoms with Gasteiger partial charge in [-0.15, -0.1) is 0 Å². The zero-order valence-electron chi connectivity index (χ0n) is 14.4. The molecule has 0 fully saturated rings. The predicted octanol–water partition coefficient (Wildman–Crippen LogP) is 3.34. The number of amides is 2. The number of hydrogen-bond acceptors (Lipinski definition) is 5. The molecule has 7 nitrogen and oxygen atoms in total. The number of nitrogens with one attached hydrogen (secondary N) is 2. The molecule has 2 N–H and O–H groups in total. The Balaban J connectivity index is 1.76. The fourth-order valence-corrected chi connectivity index (χ4v) is 2.32. The van der Waals surface area contributed by atoms with E-state index in [0.29, 0.717) is 23.3 Å². The number of halogens is 2. The molecule has 0 saturated carbocycles. The lowest BCUT2D eigenvalue weighted by atomic mass is 10.1. The van der Waals surface area contributed by atoms with E-state index in [-0.39, 0.29) is 17.9 Å². The Labute approximate surface area is 152 Å². The Morgan fingerprint density at radius 3 is 2.44 bits per heavy atom. The Morgan fingerprint density at radius 2 is 1.81 bits per heavy atom. The molecule has 2 heterocycles. The van der Waals surface area contributed by atoms with Crippen LogP contribution in [-0.4, -0.2) is 17.0 Å². The van der Waals surface area contributed by atoms with Crippen LogP contribution in [0.25, 0.3) is 0 Å². The summed E-state index contributed by atoms with van der Waals surface area (Å²) in [6, 6.07) is 6.19. The largest absolute Gasteiger partial charge is 0.465 e. The van der Waals surface area contributed by atoms with Crippen molar-refractivity contribution in [3.8, 4) is 0 Å². The topological polar surface area (TPSA) is 97.4 Å². The molecule has 0 spiro atoms. The van der Waals surface area contributed by atoms with Crippen molar-refractivity contribution in [3.05, 3.63) is 70.5 Å². The molecule has 0 bridgehead atoms. The molecule has 0 atom stereocenters. The van der Waals surface area contributed by atoms with Crippen LogP contribution in [0.5, 0.6) is 0 Å². The van der Waals surface area contributed by atoms with Crippen LogP contribution in [0.3, 0.4) is 0 Å². The van der Waals surface area contributed by atoms with E-state index in [1.165, 1.54) is 6.07 Å². The van der Waals surface area contributed by atoms with E-state index in [2.05, 4.69) is 15.8 Å². The van der Waals surface area contributed by atoms with Gasteiger partial charge in [-0.3, -0.25) is 9.59 Å². The first-order chi connectivity index (χ1) is 12.8. The molecule has 0 unspecified atom stereocenters. The number of benzene rings is 1. The standard InChI is InChI=1S/C18H15F2N3O4/c1-9-3-4-11(26-9)8-21-17(24)12-6-15(14(20)7-13(12)19)22-18(25)16-5-10(2)27-23-16/h3-7H,8H2,1-2H3,(H,21,24)(H,22,25). The second kappa shape index (κ2) is 7.40. The quantitative estimate of drug-likeness (QED) is 0.713. The lowest BCUT2D eigenvalue weighted by Crippen LogP contribution is -2.24. The van der Waals surface area contributed by atoms with Gasteiger partial charge in [-0.1, -0.05) is 5.16 Å². The van der Waals surface area contributed by atoms with Gasteiger partial charge < -0.3 is 19.6 Å². The van der Waals surface area contributed by atoms with E-state index in [1.807, 2.05) is 0 Å². The third-order valence-corrected chi connectivity index (χ3v) is 3.63. The molecule has 0 aliphatic rings. The first kappa shape index (κ1) is 18.3. The SMILES string of the molecule is Cc1cc(C(=O)Nc2cc(C(=O)NCc3ccc(C)o3)c(F)cc2F)no1. The zero-order valence-corrected chi connectivity index (χ0v) is 14.4. The van der Waals surface area contributed by atoms with Crippen LogP contribution in [-0.2, 0) is 6.54 Å². The third-order valence-electron chi connectivity index (χ3n) is 3.63. The lowest BCUT2D eigenvalue weighted by Gasteiger charge is -2.09. The van der Waals surface area contributed by atoms with Crippen molar-refractivity contribution < 1.29 is 27.3 Å². The molecule has 0 aliphatic heterocycles. The monoisotopic (exact) mass is 375 g/mol. The highest BCUT2D eigenvalue weighted by Gasteiger charge is 2.19. The van der Waals surface area contributed by atoms with Crippen LogP contribution in [0.15, 0.2) is 39.3 Å². The van der Waals surface area contributed by atoms with Gasteiger partial charge >= 0.3 is 0 Å². The summed E-state index contributed by atoms with van der Waals surface area (Å²) in [7, 11) is 0. The molecular weight excluding hydrogens is 360 g/mol. The third kappa shape index (κ3) is 4.20. The van der Waals surface area contributed by atoms with Gasteiger partial charge in [-0.05, 0) is 32.0 Å². The highest BCUT2D eigenvalue weighted by molar-refractivity contribution is 6.04. The molecule has 27 heavy (non-hydrogen) atoms. The fourth-order valence-electron chi connectivity index (χ4n) is 2.32. The number of carbonyl (C=O) groups excluding carboxylic acids is 2. The number of carbonyl (C=O) groups is 2. The molecule has 2 amide bonds. The molecule has 2 aromatic heterocycles. The second-order valence-electron chi connectivity index (χ2n) is 5.78. The van der Waals surface area contributed by atoms with Crippen LogP contribution in [0.1, 0.15) is 38.1 Å². The minimum absolute atomic E-state index is 0.0311. The molecule has 0 radical (unpaired) electrons. The van der Waals surface area contributed by atoms with Gasteiger partial charge in [0.05, 0.1) is 17.8 Å². The van der Waals surface area contributed by atoms with Crippen LogP contribution < -0.4 is 10.6 Å². The summed E-state index contributed by atoms with van der Waals surface area (Å²) in [6.45, 7) is 3.37. The summed E-state index contributed by atoms with van der Waals surface area (Å²) in [6.07, 6.45) is 0. The molecule has 3 aromatic rings. The summed E-state index contributed by atoms with van der Waals surface area (Å²) in [5, 5.41) is 8.22. The summed E-state index contributed by atoms with van der Waals surface area (Å²) in [4.78, 5) is 24.3. The van der Waals surface area contributed by atoms with Crippen molar-refractivity contribution in [2.75, 3.05) is 5.32 Å². The Bertz CT molecular complexity index is 1010. The van der Waals surface area contributed by atoms with Gasteiger partial charge in [0.1, 0.15) is 28.9 Å². The highest BCUT2D eigenvalue weighted by atomic mass is 19.1. The zero-order chi connectivity index (χ0) is 19.6. The fraction of sp³-hybridized carbons (Fsp3) is 0.167. The van der Waals surface area contributed by atoms with Crippen molar-refractivity contribution in [1.82, 2.24) is 10.5 Å². The molecule has 3 rings (SSSR count). The Morgan fingerprint density at radius 1 is 1.04 bits per heavy atom. The summed E-state index contributed by atoms with van der Waals surface area (Å²) in [5.41, 5.74) is -0.859. The van der Waals surface area contributed by atoms with E-state index in [0.717, 1.165) is 6.07 Å². The molecular formula is C18H15F2N3O4. The maximum absolute atomic E-state index is 14.0. The summed E-state index contributed by atoms with van der Waals surface area (Å²) >= 11 is 0. The maximum Gasteiger partial charge on any atom is 0.277 e. The van der Waals surface area contributed by atoms with Gasteiger partial charge in [-0.25, -0.2) is 8.78 Å². The number of nitrogens with zero attached hydrogens (tertiary/aromatic N) is 1. The lowest BCUT2D eigenvalue weighted by molar-refractivity contribution is 0.0942. The maximum atomic E-state index is 14.0. The van der Waals surface area contributed by atoms with E-state index in [1.54, 1.807) is 26.0 Å². The Hall–Kier alpha value is -3.49. The minimum atomic E-state index is -1.06. The first-order valence-corrected chi connectivity index (χ1v) is 7.90. The first-order valence-electron chi connectivity index (χ1n) is 7.90. The second-order valence-corrected chi connectivity index (χ2v) is 5.78. The average molecular weight is 375 g/mol. The molecule has 0 saturated heterocycles. The van der Waals surface area contributed by atoms with Crippen molar-refractivity contribution in [1.29, 1.82) is 0 Å². The highest BCUT2D eigenvalue weighted by Crippen LogP contribution is 2.21. The van der Waals surface area contributed by atoms with Gasteiger partial charge in [0, 0.05) is 12.1 Å². The molecule has 9 heteroatoms. The van der Waals surface area contributed by atoms with Gasteiger partial charge in [0.2, 0.25) is 0 Å². The van der Waals surface area contributed by atoms with Gasteiger partial charge in [-0.2, -0.15) is 0 Å². The van der Waals surface area contributed by atoms with Crippen LogP contribution in [0.2, 0.25) is 0 Å². The molecule has 0 aliphatic carbocycles. The van der Waals surface area contributed by atoms with Crippen LogP contribution >= 0.6 is 0 Å². The summed E-state index contributed by atoms with van der Waals surface area (Å²) < 4.78 is 38.1. The normalized spacial score (nSPS) is 10.7. The van der Waals surface area contributed by atoms with Gasteiger partial charge in [0.15, 0.2) is 5.69 Å². The van der Waals surface area contributed by atoms with E-state index < -0.39 is 29.0 Å². The number of aromatic nitrogens is 1. The Kier molecular flexibility index (Phi) is 5.02. The average Bonchev–Trinajstić information content (AvgIpc) is 3.23. The predicted molar refractivity (Wildman–Crippen MR) is 90.2 cm³/mol. The number of anilines is 1. The van der Waals surface area contributed by atoms with E-state index in [9.17, 15) is 18.4 Å². The number of rotatable bonds is 5. The van der Waals surface area contributed by atoms with Crippen molar-refractivity contribution in [2.24, 2.45) is 0 Å². The minimum Gasteiger partial charge on any atom is -0.465 e. The van der Waals surface area contributed by atoms with Crippen molar-refractivity contribution in [3.63, 3.8) is 0 Å².